The van der Waals surface area contributed by atoms with E-state index in [0.717, 1.165) is 29.8 Å². The Balaban J connectivity index is 1.46. The number of para-hydroxylation sites is 1. The van der Waals surface area contributed by atoms with Crippen LogP contribution in [-0.4, -0.2) is 49.7 Å². The van der Waals surface area contributed by atoms with Gasteiger partial charge in [-0.15, -0.1) is 0 Å². The highest BCUT2D eigenvalue weighted by Crippen LogP contribution is 2.35. The van der Waals surface area contributed by atoms with Crippen molar-refractivity contribution in [1.29, 1.82) is 0 Å². The van der Waals surface area contributed by atoms with E-state index in [1.807, 2.05) is 66.7 Å². The number of ether oxygens (including phenoxy) is 3. The van der Waals surface area contributed by atoms with E-state index in [1.54, 1.807) is 25.1 Å². The van der Waals surface area contributed by atoms with Crippen LogP contribution in [-0.2, 0) is 10.2 Å². The van der Waals surface area contributed by atoms with E-state index in [0.29, 0.717) is 36.8 Å². The minimum Gasteiger partial charge on any atom is -0.497 e. The third-order valence-corrected chi connectivity index (χ3v) is 7.06. The molecule has 0 aliphatic carbocycles. The summed E-state index contributed by atoms with van der Waals surface area (Å²) in [6, 6.07) is 25.5. The van der Waals surface area contributed by atoms with E-state index >= 15 is 0 Å². The first-order valence-corrected chi connectivity index (χ1v) is 12.4. The van der Waals surface area contributed by atoms with Gasteiger partial charge in [0.05, 0.1) is 25.5 Å². The Morgan fingerprint density at radius 1 is 0.946 bits per heavy atom. The van der Waals surface area contributed by atoms with E-state index in [9.17, 15) is 4.79 Å². The Hall–Kier alpha value is -4.10. The number of nitrogens with zero attached hydrogens (tertiary/aromatic N) is 2. The van der Waals surface area contributed by atoms with Gasteiger partial charge < -0.3 is 19.5 Å². The van der Waals surface area contributed by atoms with Gasteiger partial charge in [0.15, 0.2) is 0 Å². The van der Waals surface area contributed by atoms with E-state index in [2.05, 4.69) is 17.4 Å². The molecule has 1 N–H and O–H groups in total. The highest BCUT2D eigenvalue weighted by atomic mass is 16.5. The van der Waals surface area contributed by atoms with Crippen LogP contribution in [0, 0.1) is 0 Å². The molecule has 0 atom stereocenters. The second-order valence-electron chi connectivity index (χ2n) is 9.21. The van der Waals surface area contributed by atoms with Gasteiger partial charge in [-0.25, -0.2) is 4.68 Å². The molecule has 7 heteroatoms. The number of hydrogen-bond acceptors (Lipinski definition) is 5. The molecule has 0 bridgehead atoms. The first-order chi connectivity index (χ1) is 18.1. The number of rotatable bonds is 8. The normalized spacial score (nSPS) is 14.6. The lowest BCUT2D eigenvalue weighted by atomic mass is 9.74. The highest BCUT2D eigenvalue weighted by molar-refractivity contribution is 6.00. The molecular formula is C30H31N3O4. The van der Waals surface area contributed by atoms with Crippen LogP contribution in [0.25, 0.3) is 16.9 Å². The van der Waals surface area contributed by atoms with Crippen LogP contribution in [0.1, 0.15) is 28.8 Å². The summed E-state index contributed by atoms with van der Waals surface area (Å²) in [6.07, 6.45) is 3.45. The zero-order chi connectivity index (χ0) is 25.7. The van der Waals surface area contributed by atoms with Crippen LogP contribution in [0.2, 0.25) is 0 Å². The Morgan fingerprint density at radius 3 is 2.38 bits per heavy atom. The predicted octanol–water partition coefficient (Wildman–Crippen LogP) is 5.03. The van der Waals surface area contributed by atoms with Crippen LogP contribution in [0.5, 0.6) is 11.5 Å². The van der Waals surface area contributed by atoms with Gasteiger partial charge in [-0.2, -0.15) is 5.10 Å². The van der Waals surface area contributed by atoms with Gasteiger partial charge in [-0.1, -0.05) is 42.5 Å². The van der Waals surface area contributed by atoms with Crippen molar-refractivity contribution < 1.29 is 19.0 Å². The summed E-state index contributed by atoms with van der Waals surface area (Å²) in [4.78, 5) is 13.7. The summed E-state index contributed by atoms with van der Waals surface area (Å²) in [5, 5.41) is 8.03. The minimum absolute atomic E-state index is 0.167. The maximum absolute atomic E-state index is 13.7. The van der Waals surface area contributed by atoms with Gasteiger partial charge in [0.25, 0.3) is 5.91 Å². The van der Waals surface area contributed by atoms with Gasteiger partial charge in [0, 0.05) is 36.9 Å². The Kier molecular flexibility index (Phi) is 7.23. The summed E-state index contributed by atoms with van der Waals surface area (Å²) in [5.41, 5.74) is 3.76. The average molecular weight is 498 g/mol. The lowest BCUT2D eigenvalue weighted by Gasteiger charge is -2.38. The molecule has 5 rings (SSSR count). The first-order valence-electron chi connectivity index (χ1n) is 12.4. The number of nitrogens with one attached hydrogen (secondary N) is 1. The maximum Gasteiger partial charge on any atom is 0.255 e. The fraction of sp³-hybridized carbons (Fsp3) is 0.267. The SMILES string of the molecule is COc1ccc(C2(CNC(=O)c3cn(-c4ccccc4)nc3-c3cccc(OC)c3)CCOCC2)cc1. The third-order valence-electron chi connectivity index (χ3n) is 7.06. The number of benzene rings is 3. The molecule has 0 saturated carbocycles. The topological polar surface area (TPSA) is 74.6 Å². The number of hydrogen-bond donors (Lipinski definition) is 1. The maximum atomic E-state index is 13.7. The molecule has 3 aromatic carbocycles. The van der Waals surface area contributed by atoms with E-state index < -0.39 is 0 Å². The van der Waals surface area contributed by atoms with Crippen molar-refractivity contribution in [2.45, 2.75) is 18.3 Å². The Morgan fingerprint density at radius 2 is 1.68 bits per heavy atom. The molecule has 0 unspecified atom stereocenters. The van der Waals surface area contributed by atoms with Gasteiger partial charge in [0.1, 0.15) is 17.2 Å². The van der Waals surface area contributed by atoms with Crippen molar-refractivity contribution in [1.82, 2.24) is 15.1 Å². The molecule has 37 heavy (non-hydrogen) atoms. The fourth-order valence-electron chi connectivity index (χ4n) is 4.86. The summed E-state index contributed by atoms with van der Waals surface area (Å²) >= 11 is 0. The number of carbonyl (C=O) groups excluding carboxylic acids is 1. The molecule has 1 amide bonds. The largest absolute Gasteiger partial charge is 0.497 e. The Labute approximate surface area is 217 Å². The molecule has 4 aromatic rings. The molecular weight excluding hydrogens is 466 g/mol. The fourth-order valence-corrected chi connectivity index (χ4v) is 4.86. The van der Waals surface area contributed by atoms with Crippen molar-refractivity contribution in [3.63, 3.8) is 0 Å². The summed E-state index contributed by atoms with van der Waals surface area (Å²) in [7, 11) is 3.29. The molecule has 1 aromatic heterocycles. The average Bonchev–Trinajstić information content (AvgIpc) is 3.43. The van der Waals surface area contributed by atoms with Gasteiger partial charge in [-0.05, 0) is 54.8 Å². The third kappa shape index (κ3) is 5.22. The molecule has 0 spiro atoms. The lowest BCUT2D eigenvalue weighted by molar-refractivity contribution is 0.0487. The van der Waals surface area contributed by atoms with E-state index in [1.165, 1.54) is 5.56 Å². The molecule has 1 aliphatic heterocycles. The van der Waals surface area contributed by atoms with Crippen molar-refractivity contribution in [2.75, 3.05) is 34.0 Å². The summed E-state index contributed by atoms with van der Waals surface area (Å²) < 4.78 is 18.2. The quantitative estimate of drug-likeness (QED) is 0.369. The number of carbonyl (C=O) groups is 1. The number of methoxy groups -OCH3 is 2. The highest BCUT2D eigenvalue weighted by Gasteiger charge is 2.35. The molecule has 0 radical (unpaired) electrons. The molecule has 7 nitrogen and oxygen atoms in total. The van der Waals surface area contributed by atoms with Gasteiger partial charge in [-0.3, -0.25) is 4.79 Å². The lowest BCUT2D eigenvalue weighted by Crippen LogP contribution is -2.44. The molecule has 1 fully saturated rings. The Bertz CT molecular complexity index is 1340. The second kappa shape index (κ2) is 10.9. The molecule has 190 valence electrons. The van der Waals surface area contributed by atoms with Crippen molar-refractivity contribution >= 4 is 5.91 Å². The van der Waals surface area contributed by atoms with Crippen LogP contribution in [0.4, 0.5) is 0 Å². The van der Waals surface area contributed by atoms with Crippen LogP contribution in [0.3, 0.4) is 0 Å². The van der Waals surface area contributed by atoms with Crippen LogP contribution < -0.4 is 14.8 Å². The van der Waals surface area contributed by atoms with Gasteiger partial charge >= 0.3 is 0 Å². The second-order valence-corrected chi connectivity index (χ2v) is 9.21. The van der Waals surface area contributed by atoms with Crippen molar-refractivity contribution in [2.24, 2.45) is 0 Å². The molecule has 1 saturated heterocycles. The predicted molar refractivity (Wildman–Crippen MR) is 143 cm³/mol. The summed E-state index contributed by atoms with van der Waals surface area (Å²) in [6.45, 7) is 1.81. The zero-order valence-corrected chi connectivity index (χ0v) is 21.1. The summed E-state index contributed by atoms with van der Waals surface area (Å²) in [5.74, 6) is 1.35. The minimum atomic E-state index is -0.217. The van der Waals surface area contributed by atoms with Crippen LogP contribution in [0.15, 0.2) is 85.1 Å². The monoisotopic (exact) mass is 497 g/mol. The van der Waals surface area contributed by atoms with Gasteiger partial charge in [0.2, 0.25) is 0 Å². The van der Waals surface area contributed by atoms with E-state index in [4.69, 9.17) is 19.3 Å². The molecule has 1 aliphatic rings. The smallest absolute Gasteiger partial charge is 0.255 e. The van der Waals surface area contributed by atoms with Crippen molar-refractivity contribution in [3.05, 3.63) is 96.2 Å². The van der Waals surface area contributed by atoms with E-state index in [-0.39, 0.29) is 11.3 Å². The standard InChI is InChI=1S/C30H31N3O4/c1-35-25-13-11-23(12-14-25)30(15-17-37-18-16-30)21-31-29(34)27-20-33(24-8-4-3-5-9-24)32-28(27)22-7-6-10-26(19-22)36-2/h3-14,19-20H,15-18,21H2,1-2H3,(H,31,34). The zero-order valence-electron chi connectivity index (χ0n) is 21.1. The molecule has 2 heterocycles. The van der Waals surface area contributed by atoms with Crippen LogP contribution >= 0.6 is 0 Å². The van der Waals surface area contributed by atoms with Crippen molar-refractivity contribution in [3.8, 4) is 28.4 Å². The number of aromatic nitrogens is 2. The number of amides is 1. The first kappa shape index (κ1) is 24.6.